The van der Waals surface area contributed by atoms with Crippen LogP contribution in [0, 0.1) is 19.8 Å². The summed E-state index contributed by atoms with van der Waals surface area (Å²) in [5.41, 5.74) is 3.32. The van der Waals surface area contributed by atoms with Crippen molar-refractivity contribution in [2.45, 2.75) is 53.6 Å². The zero-order chi connectivity index (χ0) is 25.5. The van der Waals surface area contributed by atoms with E-state index in [1.54, 1.807) is 24.3 Å². The molecule has 0 saturated heterocycles. The number of carbonyl (C=O) groups excluding carboxylic acids is 2. The van der Waals surface area contributed by atoms with Gasteiger partial charge in [0.2, 0.25) is 21.8 Å². The van der Waals surface area contributed by atoms with Gasteiger partial charge in [0.05, 0.1) is 11.9 Å². The number of hydrogen-bond acceptors (Lipinski definition) is 4. The summed E-state index contributed by atoms with van der Waals surface area (Å²) in [7, 11) is -3.73. The molecule has 0 bridgehead atoms. The molecule has 0 radical (unpaired) electrons. The normalized spacial score (nSPS) is 12.3. The van der Waals surface area contributed by atoms with E-state index in [-0.39, 0.29) is 24.9 Å². The first-order valence-corrected chi connectivity index (χ1v) is 13.4. The van der Waals surface area contributed by atoms with Gasteiger partial charge in [-0.1, -0.05) is 68.3 Å². The van der Waals surface area contributed by atoms with Crippen molar-refractivity contribution in [2.75, 3.05) is 23.7 Å². The van der Waals surface area contributed by atoms with E-state index in [0.29, 0.717) is 18.7 Å². The van der Waals surface area contributed by atoms with E-state index >= 15 is 0 Å². The molecule has 0 heterocycles. The van der Waals surface area contributed by atoms with E-state index in [2.05, 4.69) is 5.32 Å². The summed E-state index contributed by atoms with van der Waals surface area (Å²) in [6.07, 6.45) is 1.49. The first-order chi connectivity index (χ1) is 15.9. The molecule has 186 valence electrons. The lowest BCUT2D eigenvalue weighted by atomic mass is 10.1. The van der Waals surface area contributed by atoms with Crippen LogP contribution in [0.15, 0.2) is 48.5 Å². The summed E-state index contributed by atoms with van der Waals surface area (Å²) in [6.45, 7) is 10.0. The van der Waals surface area contributed by atoms with Crippen LogP contribution in [-0.4, -0.2) is 50.5 Å². The molecule has 2 aromatic rings. The molecule has 0 unspecified atom stereocenters. The van der Waals surface area contributed by atoms with Gasteiger partial charge in [-0.05, 0) is 43.9 Å². The number of hydrogen-bond donors (Lipinski definition) is 1. The summed E-state index contributed by atoms with van der Waals surface area (Å²) < 4.78 is 26.3. The Morgan fingerprint density at radius 2 is 1.65 bits per heavy atom. The summed E-state index contributed by atoms with van der Waals surface area (Å²) >= 11 is 0. The minimum Gasteiger partial charge on any atom is -0.354 e. The van der Waals surface area contributed by atoms with E-state index in [1.807, 2.05) is 58.9 Å². The van der Waals surface area contributed by atoms with Gasteiger partial charge in [0, 0.05) is 13.1 Å². The number of nitrogens with one attached hydrogen (secondary N) is 1. The van der Waals surface area contributed by atoms with Gasteiger partial charge in [-0.2, -0.15) is 0 Å². The predicted molar refractivity (Wildman–Crippen MR) is 137 cm³/mol. The summed E-state index contributed by atoms with van der Waals surface area (Å²) in [5, 5.41) is 2.92. The molecule has 0 saturated carbocycles. The number of benzene rings is 2. The van der Waals surface area contributed by atoms with Crippen LogP contribution in [-0.2, 0) is 26.2 Å². The highest BCUT2D eigenvalue weighted by atomic mass is 32.2. The second-order valence-electron chi connectivity index (χ2n) is 9.18. The fraction of sp³-hybridized carbons (Fsp3) is 0.462. The fourth-order valence-corrected chi connectivity index (χ4v) is 4.52. The molecule has 0 aliphatic rings. The Bertz CT molecular complexity index is 1080. The molecule has 0 aliphatic heterocycles. The molecule has 0 aromatic heterocycles. The number of aryl methyl sites for hydroxylation is 2. The van der Waals surface area contributed by atoms with Crippen molar-refractivity contribution in [2.24, 2.45) is 5.92 Å². The van der Waals surface area contributed by atoms with Crippen molar-refractivity contribution in [3.63, 3.8) is 0 Å². The highest BCUT2D eigenvalue weighted by Crippen LogP contribution is 2.20. The number of nitrogens with zero attached hydrogens (tertiary/aromatic N) is 2. The van der Waals surface area contributed by atoms with Crippen molar-refractivity contribution in [1.82, 2.24) is 10.2 Å². The monoisotopic (exact) mass is 487 g/mol. The van der Waals surface area contributed by atoms with Crippen molar-refractivity contribution in [3.8, 4) is 0 Å². The van der Waals surface area contributed by atoms with E-state index < -0.39 is 22.0 Å². The average molecular weight is 488 g/mol. The quantitative estimate of drug-likeness (QED) is 0.524. The second-order valence-corrected chi connectivity index (χ2v) is 11.1. The maximum atomic E-state index is 13.6. The lowest BCUT2D eigenvalue weighted by Crippen LogP contribution is -2.52. The number of carbonyl (C=O) groups is 2. The molecule has 0 fully saturated rings. The Hall–Kier alpha value is -2.87. The van der Waals surface area contributed by atoms with Crippen LogP contribution in [0.4, 0.5) is 5.69 Å². The van der Waals surface area contributed by atoms with Crippen LogP contribution in [0.2, 0.25) is 0 Å². The number of sulfonamides is 1. The second kappa shape index (κ2) is 12.0. The average Bonchev–Trinajstić information content (AvgIpc) is 2.75. The third kappa shape index (κ3) is 7.87. The van der Waals surface area contributed by atoms with Crippen LogP contribution in [0.25, 0.3) is 0 Å². The van der Waals surface area contributed by atoms with Crippen molar-refractivity contribution >= 4 is 27.5 Å². The van der Waals surface area contributed by atoms with Crippen molar-refractivity contribution in [3.05, 3.63) is 65.2 Å². The van der Waals surface area contributed by atoms with Gasteiger partial charge in [-0.15, -0.1) is 0 Å². The standard InChI is InChI=1S/C26H37N3O4S/c1-7-24(26(31)27-16-19(2)3)28(17-22-10-8-9-21(5)15-22)25(30)18-29(34(6,32)33)23-13-11-20(4)12-14-23/h8-15,19,24H,7,16-18H2,1-6H3,(H,27,31)/t24-/m0/s1. The summed E-state index contributed by atoms with van der Waals surface area (Å²) in [5.74, 6) is -0.401. The maximum Gasteiger partial charge on any atom is 0.244 e. The van der Waals surface area contributed by atoms with Crippen LogP contribution >= 0.6 is 0 Å². The lowest BCUT2D eigenvalue weighted by molar-refractivity contribution is -0.140. The van der Waals surface area contributed by atoms with E-state index in [9.17, 15) is 18.0 Å². The first kappa shape index (κ1) is 27.4. The largest absolute Gasteiger partial charge is 0.354 e. The van der Waals surface area contributed by atoms with Crippen molar-refractivity contribution in [1.29, 1.82) is 0 Å². The molecule has 34 heavy (non-hydrogen) atoms. The maximum absolute atomic E-state index is 13.6. The zero-order valence-corrected chi connectivity index (χ0v) is 21.9. The predicted octanol–water partition coefficient (Wildman–Crippen LogP) is 3.65. The van der Waals surface area contributed by atoms with Crippen molar-refractivity contribution < 1.29 is 18.0 Å². The van der Waals surface area contributed by atoms with Gasteiger partial charge >= 0.3 is 0 Å². The molecule has 1 atom stereocenters. The Morgan fingerprint density at radius 3 is 2.18 bits per heavy atom. The van der Waals surface area contributed by atoms with Crippen LogP contribution in [0.3, 0.4) is 0 Å². The van der Waals surface area contributed by atoms with Crippen LogP contribution in [0.1, 0.15) is 43.9 Å². The van der Waals surface area contributed by atoms with Crippen LogP contribution in [0.5, 0.6) is 0 Å². The molecule has 0 aliphatic carbocycles. The van der Waals surface area contributed by atoms with E-state index in [0.717, 1.165) is 27.3 Å². The topological polar surface area (TPSA) is 86.8 Å². The lowest BCUT2D eigenvalue weighted by Gasteiger charge is -2.33. The van der Waals surface area contributed by atoms with Gasteiger partial charge in [0.15, 0.2) is 0 Å². The molecule has 2 rings (SSSR count). The SMILES string of the molecule is CC[C@@H](C(=O)NCC(C)C)N(Cc1cccc(C)c1)C(=O)CN(c1ccc(C)cc1)S(C)(=O)=O. The first-order valence-electron chi connectivity index (χ1n) is 11.6. The highest BCUT2D eigenvalue weighted by Gasteiger charge is 2.31. The minimum absolute atomic E-state index is 0.208. The van der Waals surface area contributed by atoms with Gasteiger partial charge in [0.1, 0.15) is 12.6 Å². The minimum atomic E-state index is -3.73. The van der Waals surface area contributed by atoms with E-state index in [1.165, 1.54) is 4.90 Å². The molecule has 7 nitrogen and oxygen atoms in total. The number of anilines is 1. The Labute approximate surface area is 204 Å². The third-order valence-electron chi connectivity index (χ3n) is 5.51. The zero-order valence-electron chi connectivity index (χ0n) is 21.0. The molecule has 1 N–H and O–H groups in total. The Kier molecular flexibility index (Phi) is 9.67. The van der Waals surface area contributed by atoms with Gasteiger partial charge < -0.3 is 10.2 Å². The molecule has 0 spiro atoms. The van der Waals surface area contributed by atoms with Crippen LogP contribution < -0.4 is 9.62 Å². The fourth-order valence-electron chi connectivity index (χ4n) is 3.67. The summed E-state index contributed by atoms with van der Waals surface area (Å²) in [6, 6.07) is 14.0. The Balaban J connectivity index is 2.41. The third-order valence-corrected chi connectivity index (χ3v) is 6.65. The van der Waals surface area contributed by atoms with Gasteiger partial charge in [-0.3, -0.25) is 13.9 Å². The molecular weight excluding hydrogens is 450 g/mol. The Morgan fingerprint density at radius 1 is 1.00 bits per heavy atom. The summed E-state index contributed by atoms with van der Waals surface area (Å²) in [4.78, 5) is 28.1. The van der Waals surface area contributed by atoms with Gasteiger partial charge in [-0.25, -0.2) is 8.42 Å². The van der Waals surface area contributed by atoms with E-state index in [4.69, 9.17) is 0 Å². The van der Waals surface area contributed by atoms with Gasteiger partial charge in [0.25, 0.3) is 0 Å². The smallest absolute Gasteiger partial charge is 0.244 e. The molecule has 2 aromatic carbocycles. The molecule has 2 amide bonds. The molecule has 8 heteroatoms. The molecular formula is C26H37N3O4S. The number of amides is 2. The highest BCUT2D eigenvalue weighted by molar-refractivity contribution is 7.92. The number of rotatable bonds is 11.